The van der Waals surface area contributed by atoms with Crippen LogP contribution in [0.25, 0.3) is 0 Å². The number of pyridine rings is 1. The van der Waals surface area contributed by atoms with Gasteiger partial charge in [0.15, 0.2) is 0 Å². The second kappa shape index (κ2) is 8.42. The Kier molecular flexibility index (Phi) is 6.22. The minimum atomic E-state index is -0.156. The summed E-state index contributed by atoms with van der Waals surface area (Å²) in [4.78, 5) is 18.9. The van der Waals surface area contributed by atoms with Gasteiger partial charge in [-0.15, -0.1) is 11.8 Å². The van der Waals surface area contributed by atoms with Crippen LogP contribution in [0.2, 0.25) is 5.02 Å². The van der Waals surface area contributed by atoms with Crippen LogP contribution in [0.4, 0.5) is 5.69 Å². The third kappa shape index (κ3) is 4.05. The maximum atomic E-state index is 13.1. The number of carbonyl (C=O) groups is 1. The molecule has 1 fully saturated rings. The summed E-state index contributed by atoms with van der Waals surface area (Å²) in [7, 11) is 0. The van der Waals surface area contributed by atoms with Crippen LogP contribution in [0.3, 0.4) is 0 Å². The van der Waals surface area contributed by atoms with Crippen LogP contribution in [-0.2, 0) is 4.74 Å². The first kappa shape index (κ1) is 19.2. The molecule has 0 unspecified atom stereocenters. The van der Waals surface area contributed by atoms with E-state index in [0.717, 1.165) is 40.4 Å². The minimum Gasteiger partial charge on any atom is -0.381 e. The van der Waals surface area contributed by atoms with E-state index in [0.29, 0.717) is 23.8 Å². The molecule has 2 heterocycles. The van der Waals surface area contributed by atoms with E-state index >= 15 is 0 Å². The molecule has 0 atom stereocenters. The number of nitrogens with zero attached hydrogens (tertiary/aromatic N) is 1. The average molecular weight is 391 g/mol. The minimum absolute atomic E-state index is 0.156. The van der Waals surface area contributed by atoms with E-state index in [2.05, 4.69) is 5.32 Å². The van der Waals surface area contributed by atoms with Crippen LogP contribution in [0.5, 0.6) is 0 Å². The average Bonchev–Trinajstić information content (AvgIpc) is 2.66. The Balaban J connectivity index is 1.98. The van der Waals surface area contributed by atoms with Crippen LogP contribution in [0.15, 0.2) is 29.2 Å². The van der Waals surface area contributed by atoms with Crippen molar-refractivity contribution in [1.82, 2.24) is 4.98 Å². The van der Waals surface area contributed by atoms with Gasteiger partial charge in [0.05, 0.1) is 22.0 Å². The number of aryl methyl sites for hydroxylation is 1. The topological polar surface area (TPSA) is 51.2 Å². The molecule has 4 nitrogen and oxygen atoms in total. The van der Waals surface area contributed by atoms with Gasteiger partial charge in [0.1, 0.15) is 0 Å². The fraction of sp³-hybridized carbons (Fsp3) is 0.400. The molecule has 1 N–H and O–H groups in total. The molecule has 2 aromatic rings. The number of hydrogen-bond acceptors (Lipinski definition) is 4. The van der Waals surface area contributed by atoms with E-state index < -0.39 is 0 Å². The number of rotatable bonds is 4. The zero-order valence-electron chi connectivity index (χ0n) is 15.3. The van der Waals surface area contributed by atoms with Gasteiger partial charge >= 0.3 is 0 Å². The van der Waals surface area contributed by atoms with Gasteiger partial charge in [-0.1, -0.05) is 17.7 Å². The van der Waals surface area contributed by atoms with E-state index in [1.807, 2.05) is 44.4 Å². The largest absolute Gasteiger partial charge is 0.381 e. The number of benzene rings is 1. The van der Waals surface area contributed by atoms with Gasteiger partial charge in [0, 0.05) is 29.7 Å². The van der Waals surface area contributed by atoms with Crippen molar-refractivity contribution in [3.05, 3.63) is 51.8 Å². The van der Waals surface area contributed by atoms with Gasteiger partial charge in [0.2, 0.25) is 0 Å². The lowest BCUT2D eigenvalue weighted by Crippen LogP contribution is -2.23. The highest BCUT2D eigenvalue weighted by Gasteiger charge is 2.27. The van der Waals surface area contributed by atoms with Crippen molar-refractivity contribution in [2.24, 2.45) is 0 Å². The maximum Gasteiger partial charge on any atom is 0.257 e. The van der Waals surface area contributed by atoms with E-state index in [9.17, 15) is 4.79 Å². The first-order valence-electron chi connectivity index (χ1n) is 8.71. The molecular weight excluding hydrogens is 368 g/mol. The van der Waals surface area contributed by atoms with Crippen molar-refractivity contribution in [2.75, 3.05) is 24.8 Å². The third-order valence-electron chi connectivity index (χ3n) is 4.73. The van der Waals surface area contributed by atoms with Crippen molar-refractivity contribution < 1.29 is 9.53 Å². The number of halogens is 1. The normalized spacial score (nSPS) is 15.1. The zero-order chi connectivity index (χ0) is 18.7. The predicted octanol–water partition coefficient (Wildman–Crippen LogP) is 5.22. The molecule has 1 saturated heterocycles. The summed E-state index contributed by atoms with van der Waals surface area (Å²) >= 11 is 8.06. The van der Waals surface area contributed by atoms with Crippen LogP contribution in [0.1, 0.15) is 46.1 Å². The molecule has 0 saturated carbocycles. The van der Waals surface area contributed by atoms with Gasteiger partial charge in [-0.2, -0.15) is 0 Å². The van der Waals surface area contributed by atoms with Crippen LogP contribution in [-0.4, -0.2) is 30.4 Å². The standard InChI is InChI=1S/C20H23ClN2O2S/c1-12-17(20(24)23-15-5-4-6-16(11-15)26-3)19(22-13(2)18(12)21)14-7-9-25-10-8-14/h4-6,11,14H,7-10H2,1-3H3,(H,23,24). The van der Waals surface area contributed by atoms with Crippen LogP contribution in [0, 0.1) is 13.8 Å². The first-order valence-corrected chi connectivity index (χ1v) is 10.3. The fourth-order valence-electron chi connectivity index (χ4n) is 3.31. The Labute approximate surface area is 163 Å². The van der Waals surface area contributed by atoms with Gasteiger partial charge in [-0.25, -0.2) is 0 Å². The molecule has 1 aliphatic heterocycles. The molecule has 0 radical (unpaired) electrons. The lowest BCUT2D eigenvalue weighted by atomic mass is 9.90. The molecular formula is C20H23ClN2O2S. The number of thioether (sulfide) groups is 1. The second-order valence-electron chi connectivity index (χ2n) is 6.47. The second-order valence-corrected chi connectivity index (χ2v) is 7.73. The molecule has 1 aliphatic rings. The SMILES string of the molecule is CSc1cccc(NC(=O)c2c(C3CCOCC3)nc(C)c(Cl)c2C)c1. The molecule has 138 valence electrons. The first-order chi connectivity index (χ1) is 12.5. The lowest BCUT2D eigenvalue weighted by Gasteiger charge is -2.25. The van der Waals surface area contributed by atoms with Crippen molar-refractivity contribution in [3.63, 3.8) is 0 Å². The van der Waals surface area contributed by atoms with Crippen LogP contribution < -0.4 is 5.32 Å². The lowest BCUT2D eigenvalue weighted by molar-refractivity contribution is 0.0837. The Morgan fingerprint density at radius 1 is 1.31 bits per heavy atom. The molecule has 3 rings (SSSR count). The van der Waals surface area contributed by atoms with Crippen molar-refractivity contribution in [2.45, 2.75) is 37.5 Å². The molecule has 26 heavy (non-hydrogen) atoms. The Hall–Kier alpha value is -1.56. The summed E-state index contributed by atoms with van der Waals surface area (Å²) in [6.45, 7) is 5.18. The summed E-state index contributed by atoms with van der Waals surface area (Å²) in [6, 6.07) is 7.82. The molecule has 1 aromatic heterocycles. The third-order valence-corrected chi connectivity index (χ3v) is 6.01. The summed E-state index contributed by atoms with van der Waals surface area (Å²) in [5.41, 5.74) is 3.77. The molecule has 0 spiro atoms. The van der Waals surface area contributed by atoms with Gasteiger partial charge in [0.25, 0.3) is 5.91 Å². The van der Waals surface area contributed by atoms with E-state index in [4.69, 9.17) is 21.3 Å². The summed E-state index contributed by atoms with van der Waals surface area (Å²) in [6.07, 6.45) is 3.75. The van der Waals surface area contributed by atoms with Crippen molar-refractivity contribution in [3.8, 4) is 0 Å². The number of aromatic nitrogens is 1. The van der Waals surface area contributed by atoms with Gasteiger partial charge in [-0.05, 0) is 56.7 Å². The highest BCUT2D eigenvalue weighted by atomic mass is 35.5. The Morgan fingerprint density at radius 3 is 2.73 bits per heavy atom. The molecule has 0 bridgehead atoms. The molecule has 1 amide bonds. The van der Waals surface area contributed by atoms with E-state index in [-0.39, 0.29) is 11.8 Å². The predicted molar refractivity (Wildman–Crippen MR) is 108 cm³/mol. The van der Waals surface area contributed by atoms with Crippen molar-refractivity contribution in [1.29, 1.82) is 0 Å². The highest BCUT2D eigenvalue weighted by Crippen LogP contribution is 2.34. The summed E-state index contributed by atoms with van der Waals surface area (Å²) in [5.74, 6) is 0.0633. The number of ether oxygens (including phenoxy) is 1. The fourth-order valence-corrected chi connectivity index (χ4v) is 3.90. The Bertz CT molecular complexity index is 820. The highest BCUT2D eigenvalue weighted by molar-refractivity contribution is 7.98. The molecule has 1 aromatic carbocycles. The van der Waals surface area contributed by atoms with E-state index in [1.54, 1.807) is 11.8 Å². The number of hydrogen-bond donors (Lipinski definition) is 1. The number of anilines is 1. The number of nitrogens with one attached hydrogen (secondary N) is 1. The summed E-state index contributed by atoms with van der Waals surface area (Å²) in [5, 5.41) is 3.58. The quantitative estimate of drug-likeness (QED) is 0.727. The van der Waals surface area contributed by atoms with Gasteiger partial charge in [-0.3, -0.25) is 9.78 Å². The van der Waals surface area contributed by atoms with E-state index in [1.165, 1.54) is 0 Å². The number of carbonyl (C=O) groups excluding carboxylic acids is 1. The Morgan fingerprint density at radius 2 is 2.04 bits per heavy atom. The molecule has 0 aliphatic carbocycles. The van der Waals surface area contributed by atoms with Gasteiger partial charge < -0.3 is 10.1 Å². The smallest absolute Gasteiger partial charge is 0.257 e. The number of amides is 1. The zero-order valence-corrected chi connectivity index (χ0v) is 16.8. The van der Waals surface area contributed by atoms with Crippen LogP contribution >= 0.6 is 23.4 Å². The molecule has 6 heteroatoms. The summed E-state index contributed by atoms with van der Waals surface area (Å²) < 4.78 is 5.47. The van der Waals surface area contributed by atoms with Crippen molar-refractivity contribution >= 4 is 35.0 Å². The maximum absolute atomic E-state index is 13.1. The monoisotopic (exact) mass is 390 g/mol.